The molecule has 1 amide bonds. The van der Waals surface area contributed by atoms with Crippen LogP contribution in [0.2, 0.25) is 0 Å². The van der Waals surface area contributed by atoms with Crippen LogP contribution in [0.4, 0.5) is 5.69 Å². The van der Waals surface area contributed by atoms with E-state index in [9.17, 15) is 14.9 Å². The van der Waals surface area contributed by atoms with Gasteiger partial charge in [0, 0.05) is 29.1 Å². The number of para-hydroxylation sites is 1. The van der Waals surface area contributed by atoms with E-state index in [0.29, 0.717) is 17.0 Å². The van der Waals surface area contributed by atoms with Crippen LogP contribution in [0.25, 0.3) is 10.9 Å². The molecule has 0 saturated heterocycles. The maximum atomic E-state index is 13.0. The molecule has 0 bridgehead atoms. The topological polar surface area (TPSA) is 85.1 Å². The normalized spacial score (nSPS) is 14.7. The second-order valence-corrected chi connectivity index (χ2v) is 6.93. The summed E-state index contributed by atoms with van der Waals surface area (Å²) in [7, 11) is 0. The maximum absolute atomic E-state index is 13.0. The molecule has 0 spiro atoms. The molecule has 0 aliphatic heterocycles. The Balaban J connectivity index is 1.65. The first-order valence-electron chi connectivity index (χ1n) is 8.98. The second-order valence-electron chi connectivity index (χ2n) is 6.93. The molecule has 1 fully saturated rings. The number of hydrogen-bond donors (Lipinski definition) is 1. The molecule has 6 heteroatoms. The van der Waals surface area contributed by atoms with Crippen LogP contribution >= 0.6 is 0 Å². The summed E-state index contributed by atoms with van der Waals surface area (Å²) in [6, 6.07) is 15.5. The van der Waals surface area contributed by atoms with Crippen molar-refractivity contribution in [3.63, 3.8) is 0 Å². The number of hydrogen-bond acceptors (Lipinski definition) is 4. The molecule has 6 nitrogen and oxygen atoms in total. The fourth-order valence-corrected chi connectivity index (χ4v) is 3.24. The SMILES string of the molecule is CC(NC(=O)c1cc(C2CC2)nc2ccccc12)c1cccc([N+](=O)[O-])c1. The van der Waals surface area contributed by atoms with Crippen molar-refractivity contribution in [2.75, 3.05) is 0 Å². The number of nitrogens with zero attached hydrogens (tertiary/aromatic N) is 2. The second kappa shape index (κ2) is 6.79. The van der Waals surface area contributed by atoms with Gasteiger partial charge in [-0.3, -0.25) is 19.9 Å². The Morgan fingerprint density at radius 2 is 1.96 bits per heavy atom. The number of non-ortho nitro benzene ring substituents is 1. The molecule has 3 aromatic rings. The summed E-state index contributed by atoms with van der Waals surface area (Å²) in [5.74, 6) is 0.241. The monoisotopic (exact) mass is 361 g/mol. The van der Waals surface area contributed by atoms with Crippen molar-refractivity contribution in [1.29, 1.82) is 0 Å². The van der Waals surface area contributed by atoms with Crippen LogP contribution in [0.3, 0.4) is 0 Å². The van der Waals surface area contributed by atoms with E-state index in [0.717, 1.165) is 29.4 Å². The van der Waals surface area contributed by atoms with Gasteiger partial charge in [0.1, 0.15) is 0 Å². The maximum Gasteiger partial charge on any atom is 0.269 e. The Morgan fingerprint density at radius 1 is 1.19 bits per heavy atom. The first kappa shape index (κ1) is 17.1. The zero-order valence-corrected chi connectivity index (χ0v) is 14.9. The third kappa shape index (κ3) is 3.51. The molecule has 2 aromatic carbocycles. The van der Waals surface area contributed by atoms with Crippen LogP contribution < -0.4 is 5.32 Å². The molecule has 1 saturated carbocycles. The Hall–Kier alpha value is -3.28. The highest BCUT2D eigenvalue weighted by Crippen LogP contribution is 2.40. The summed E-state index contributed by atoms with van der Waals surface area (Å²) in [4.78, 5) is 28.2. The fourth-order valence-electron chi connectivity index (χ4n) is 3.24. The van der Waals surface area contributed by atoms with Gasteiger partial charge in [-0.2, -0.15) is 0 Å². The van der Waals surface area contributed by atoms with Gasteiger partial charge in [0.25, 0.3) is 11.6 Å². The zero-order chi connectivity index (χ0) is 19.0. The van der Waals surface area contributed by atoms with E-state index < -0.39 is 4.92 Å². The lowest BCUT2D eigenvalue weighted by Gasteiger charge is -2.16. The summed E-state index contributed by atoms with van der Waals surface area (Å²) in [5.41, 5.74) is 3.08. The average Bonchev–Trinajstić information content (AvgIpc) is 3.52. The largest absolute Gasteiger partial charge is 0.345 e. The van der Waals surface area contributed by atoms with Crippen molar-refractivity contribution in [2.45, 2.75) is 31.7 Å². The quantitative estimate of drug-likeness (QED) is 0.535. The van der Waals surface area contributed by atoms with E-state index in [-0.39, 0.29) is 17.6 Å². The van der Waals surface area contributed by atoms with Gasteiger partial charge < -0.3 is 5.32 Å². The highest BCUT2D eigenvalue weighted by molar-refractivity contribution is 6.06. The summed E-state index contributed by atoms with van der Waals surface area (Å²) in [5, 5.41) is 14.8. The predicted octanol–water partition coefficient (Wildman–Crippen LogP) is 4.51. The minimum absolute atomic E-state index is 0.0129. The molecule has 4 rings (SSSR count). The lowest BCUT2D eigenvalue weighted by molar-refractivity contribution is -0.384. The molecular weight excluding hydrogens is 342 g/mol. The van der Waals surface area contributed by atoms with Crippen LogP contribution in [0.1, 0.15) is 53.3 Å². The van der Waals surface area contributed by atoms with E-state index in [1.807, 2.05) is 37.3 Å². The first-order chi connectivity index (χ1) is 13.0. The molecule has 1 N–H and O–H groups in total. The number of nitrogens with one attached hydrogen (secondary N) is 1. The van der Waals surface area contributed by atoms with Crippen LogP contribution in [0, 0.1) is 10.1 Å². The van der Waals surface area contributed by atoms with Crippen LogP contribution in [-0.4, -0.2) is 15.8 Å². The Labute approximate surface area is 156 Å². The number of pyridine rings is 1. The number of carbonyl (C=O) groups is 1. The van der Waals surface area contributed by atoms with Crippen molar-refractivity contribution < 1.29 is 9.72 Å². The molecule has 136 valence electrons. The summed E-state index contributed by atoms with van der Waals surface area (Å²) < 4.78 is 0. The molecule has 1 unspecified atom stereocenters. The molecular formula is C21H19N3O3. The van der Waals surface area contributed by atoms with Crippen LogP contribution in [0.15, 0.2) is 54.6 Å². The molecule has 0 radical (unpaired) electrons. The van der Waals surface area contributed by atoms with Crippen molar-refractivity contribution >= 4 is 22.5 Å². The number of aromatic nitrogens is 1. The van der Waals surface area contributed by atoms with Gasteiger partial charge >= 0.3 is 0 Å². The third-order valence-corrected chi connectivity index (χ3v) is 4.90. The van der Waals surface area contributed by atoms with Gasteiger partial charge in [-0.15, -0.1) is 0 Å². The average molecular weight is 361 g/mol. The standard InChI is InChI=1S/C21H19N3O3/c1-13(15-5-4-6-16(11-15)24(26)27)22-21(25)18-12-20(14-9-10-14)23-19-8-3-2-7-17(18)19/h2-8,11-14H,9-10H2,1H3,(H,22,25). The number of carbonyl (C=O) groups excluding carboxylic acids is 1. The van der Waals surface area contributed by atoms with E-state index in [1.165, 1.54) is 12.1 Å². The van der Waals surface area contributed by atoms with E-state index in [1.54, 1.807) is 12.1 Å². The molecule has 27 heavy (non-hydrogen) atoms. The number of rotatable bonds is 5. The molecule has 1 aromatic heterocycles. The van der Waals surface area contributed by atoms with E-state index in [4.69, 9.17) is 4.98 Å². The lowest BCUT2D eigenvalue weighted by atomic mass is 10.0. The smallest absolute Gasteiger partial charge is 0.269 e. The fraction of sp³-hybridized carbons (Fsp3) is 0.238. The third-order valence-electron chi connectivity index (χ3n) is 4.90. The number of benzene rings is 2. The minimum Gasteiger partial charge on any atom is -0.345 e. The van der Waals surface area contributed by atoms with Crippen molar-refractivity contribution in [1.82, 2.24) is 10.3 Å². The Morgan fingerprint density at radius 3 is 2.70 bits per heavy atom. The van der Waals surface area contributed by atoms with E-state index in [2.05, 4.69) is 5.32 Å². The van der Waals surface area contributed by atoms with Gasteiger partial charge in [-0.05, 0) is 37.5 Å². The van der Waals surface area contributed by atoms with Gasteiger partial charge in [0.2, 0.25) is 0 Å². The minimum atomic E-state index is -0.434. The summed E-state index contributed by atoms with van der Waals surface area (Å²) >= 11 is 0. The first-order valence-corrected chi connectivity index (χ1v) is 8.98. The summed E-state index contributed by atoms with van der Waals surface area (Å²) in [6.45, 7) is 1.82. The zero-order valence-electron chi connectivity index (χ0n) is 14.9. The highest BCUT2D eigenvalue weighted by Gasteiger charge is 2.27. The van der Waals surface area contributed by atoms with Crippen LogP contribution in [-0.2, 0) is 0 Å². The van der Waals surface area contributed by atoms with E-state index >= 15 is 0 Å². The molecule has 1 aliphatic carbocycles. The number of fused-ring (bicyclic) bond motifs is 1. The number of amides is 1. The summed E-state index contributed by atoms with van der Waals surface area (Å²) in [6.07, 6.45) is 2.22. The van der Waals surface area contributed by atoms with Crippen molar-refractivity contribution in [3.05, 3.63) is 81.5 Å². The number of nitro benzene ring substituents is 1. The molecule has 1 atom stereocenters. The molecule has 1 aliphatic rings. The van der Waals surface area contributed by atoms with Gasteiger partial charge in [0.15, 0.2) is 0 Å². The Kier molecular flexibility index (Phi) is 4.32. The number of nitro groups is 1. The molecule has 1 heterocycles. The lowest BCUT2D eigenvalue weighted by Crippen LogP contribution is -2.27. The van der Waals surface area contributed by atoms with Gasteiger partial charge in [-0.25, -0.2) is 0 Å². The van der Waals surface area contributed by atoms with Crippen LogP contribution in [0.5, 0.6) is 0 Å². The van der Waals surface area contributed by atoms with Gasteiger partial charge in [-0.1, -0.05) is 30.3 Å². The van der Waals surface area contributed by atoms with Gasteiger partial charge in [0.05, 0.1) is 22.0 Å². The van der Waals surface area contributed by atoms with Crippen molar-refractivity contribution in [3.8, 4) is 0 Å². The Bertz CT molecular complexity index is 1040. The van der Waals surface area contributed by atoms with Crippen molar-refractivity contribution in [2.24, 2.45) is 0 Å². The predicted molar refractivity (Wildman–Crippen MR) is 103 cm³/mol. The highest BCUT2D eigenvalue weighted by atomic mass is 16.6.